The highest BCUT2D eigenvalue weighted by molar-refractivity contribution is 5.51. The average Bonchev–Trinajstić information content (AvgIpc) is 3.26. The summed E-state index contributed by atoms with van der Waals surface area (Å²) in [6.07, 6.45) is 6.65. The summed E-state index contributed by atoms with van der Waals surface area (Å²) >= 11 is 0. The molecule has 0 amide bonds. The standard InChI is InChI=1S/C17H24F2N2/c1-12-5-3-2-4-8-21(12)17-15(18)9-13(10-16(17)19)11-20-14-6-7-14/h9-10,12,14,20H,2-8,11H2,1H3. The number of halogens is 2. The summed E-state index contributed by atoms with van der Waals surface area (Å²) in [5.74, 6) is -0.840. The fourth-order valence-electron chi connectivity index (χ4n) is 3.15. The first-order valence-electron chi connectivity index (χ1n) is 8.13. The number of nitrogens with one attached hydrogen (secondary N) is 1. The number of benzene rings is 1. The highest BCUT2D eigenvalue weighted by Gasteiger charge is 2.24. The monoisotopic (exact) mass is 294 g/mol. The summed E-state index contributed by atoms with van der Waals surface area (Å²) in [6.45, 7) is 3.36. The van der Waals surface area contributed by atoms with Crippen LogP contribution in [0.3, 0.4) is 0 Å². The predicted molar refractivity (Wildman–Crippen MR) is 81.5 cm³/mol. The molecule has 21 heavy (non-hydrogen) atoms. The summed E-state index contributed by atoms with van der Waals surface area (Å²) in [6, 6.07) is 3.73. The van der Waals surface area contributed by atoms with Gasteiger partial charge < -0.3 is 10.2 Å². The van der Waals surface area contributed by atoms with Crippen LogP contribution in [0.1, 0.15) is 51.0 Å². The first-order valence-corrected chi connectivity index (χ1v) is 8.13. The van der Waals surface area contributed by atoms with E-state index in [2.05, 4.69) is 12.2 Å². The van der Waals surface area contributed by atoms with Crippen LogP contribution in [0.25, 0.3) is 0 Å². The number of hydrogen-bond acceptors (Lipinski definition) is 2. The van der Waals surface area contributed by atoms with E-state index in [1.165, 1.54) is 25.0 Å². The lowest BCUT2D eigenvalue weighted by atomic mass is 10.1. The Labute approximate surface area is 125 Å². The van der Waals surface area contributed by atoms with Crippen molar-refractivity contribution >= 4 is 5.69 Å². The van der Waals surface area contributed by atoms with Gasteiger partial charge in [-0.25, -0.2) is 8.78 Å². The van der Waals surface area contributed by atoms with Crippen molar-refractivity contribution in [2.75, 3.05) is 11.4 Å². The van der Waals surface area contributed by atoms with Gasteiger partial charge in [-0.2, -0.15) is 0 Å². The van der Waals surface area contributed by atoms with Gasteiger partial charge in [-0.1, -0.05) is 12.8 Å². The van der Waals surface area contributed by atoms with Gasteiger partial charge in [0.05, 0.1) is 0 Å². The third kappa shape index (κ3) is 3.54. The van der Waals surface area contributed by atoms with Gasteiger partial charge in [-0.05, 0) is 50.3 Å². The van der Waals surface area contributed by atoms with Crippen LogP contribution in [0.15, 0.2) is 12.1 Å². The maximum Gasteiger partial charge on any atom is 0.149 e. The molecule has 1 heterocycles. The summed E-state index contributed by atoms with van der Waals surface area (Å²) < 4.78 is 28.9. The van der Waals surface area contributed by atoms with Crippen molar-refractivity contribution in [3.05, 3.63) is 29.3 Å². The molecule has 1 aliphatic heterocycles. The van der Waals surface area contributed by atoms with Gasteiger partial charge in [-0.3, -0.25) is 0 Å². The van der Waals surface area contributed by atoms with E-state index < -0.39 is 11.6 Å². The predicted octanol–water partition coefficient (Wildman–Crippen LogP) is 3.99. The highest BCUT2D eigenvalue weighted by Crippen LogP contribution is 2.30. The second kappa shape index (κ2) is 6.30. The van der Waals surface area contributed by atoms with E-state index in [1.54, 1.807) is 0 Å². The van der Waals surface area contributed by atoms with Crippen LogP contribution in [0.4, 0.5) is 14.5 Å². The molecular weight excluding hydrogens is 270 g/mol. The Morgan fingerprint density at radius 3 is 2.48 bits per heavy atom. The molecule has 116 valence electrons. The second-order valence-corrected chi connectivity index (χ2v) is 6.45. The van der Waals surface area contributed by atoms with E-state index in [0.717, 1.165) is 32.2 Å². The molecule has 3 rings (SSSR count). The normalized spacial score (nSPS) is 23.2. The molecule has 0 bridgehead atoms. The number of rotatable bonds is 4. The van der Waals surface area contributed by atoms with Gasteiger partial charge in [0.2, 0.25) is 0 Å². The first kappa shape index (κ1) is 14.8. The largest absolute Gasteiger partial charge is 0.364 e. The van der Waals surface area contributed by atoms with Gasteiger partial charge in [-0.15, -0.1) is 0 Å². The van der Waals surface area contributed by atoms with E-state index in [0.29, 0.717) is 18.2 Å². The van der Waals surface area contributed by atoms with E-state index in [9.17, 15) is 8.78 Å². The van der Waals surface area contributed by atoms with Crippen LogP contribution < -0.4 is 10.2 Å². The van der Waals surface area contributed by atoms with Gasteiger partial charge in [0, 0.05) is 25.2 Å². The van der Waals surface area contributed by atoms with E-state index in [-0.39, 0.29) is 11.7 Å². The molecule has 0 radical (unpaired) electrons. The van der Waals surface area contributed by atoms with Gasteiger partial charge in [0.1, 0.15) is 17.3 Å². The molecule has 1 saturated heterocycles. The van der Waals surface area contributed by atoms with Crippen LogP contribution in [-0.2, 0) is 6.54 Å². The Hall–Kier alpha value is -1.16. The molecule has 2 fully saturated rings. The maximum atomic E-state index is 14.4. The smallest absolute Gasteiger partial charge is 0.149 e. The molecular formula is C17H24F2N2. The fraction of sp³-hybridized carbons (Fsp3) is 0.647. The van der Waals surface area contributed by atoms with Crippen LogP contribution in [0.2, 0.25) is 0 Å². The Kier molecular flexibility index (Phi) is 4.43. The van der Waals surface area contributed by atoms with Crippen LogP contribution in [0.5, 0.6) is 0 Å². The molecule has 0 spiro atoms. The SMILES string of the molecule is CC1CCCCCN1c1c(F)cc(CNC2CC2)cc1F. The second-order valence-electron chi connectivity index (χ2n) is 6.45. The minimum Gasteiger partial charge on any atom is -0.364 e. The van der Waals surface area contributed by atoms with Crippen molar-refractivity contribution in [3.8, 4) is 0 Å². The zero-order valence-corrected chi connectivity index (χ0v) is 12.7. The molecule has 2 aliphatic rings. The highest BCUT2D eigenvalue weighted by atomic mass is 19.1. The van der Waals surface area contributed by atoms with Crippen molar-refractivity contribution in [2.24, 2.45) is 0 Å². The Morgan fingerprint density at radius 2 is 1.81 bits per heavy atom. The van der Waals surface area contributed by atoms with Gasteiger partial charge >= 0.3 is 0 Å². The Morgan fingerprint density at radius 1 is 1.10 bits per heavy atom. The minimum absolute atomic E-state index is 0.166. The number of anilines is 1. The van der Waals surface area contributed by atoms with Crippen molar-refractivity contribution in [3.63, 3.8) is 0 Å². The van der Waals surface area contributed by atoms with Gasteiger partial charge in [0.25, 0.3) is 0 Å². The summed E-state index contributed by atoms with van der Waals surface area (Å²) in [5, 5.41) is 3.30. The summed E-state index contributed by atoms with van der Waals surface area (Å²) in [4.78, 5) is 1.91. The zero-order chi connectivity index (χ0) is 14.8. The average molecular weight is 294 g/mol. The Balaban J connectivity index is 1.80. The third-order valence-electron chi connectivity index (χ3n) is 4.59. The van der Waals surface area contributed by atoms with Crippen molar-refractivity contribution in [2.45, 2.75) is 64.1 Å². The molecule has 1 aromatic carbocycles. The molecule has 2 nitrogen and oxygen atoms in total. The van der Waals surface area contributed by atoms with Crippen molar-refractivity contribution in [1.82, 2.24) is 5.32 Å². The third-order valence-corrected chi connectivity index (χ3v) is 4.59. The lowest BCUT2D eigenvalue weighted by Crippen LogP contribution is -2.34. The van der Waals surface area contributed by atoms with E-state index >= 15 is 0 Å². The lowest BCUT2D eigenvalue weighted by molar-refractivity contribution is 0.540. The van der Waals surface area contributed by atoms with Crippen molar-refractivity contribution < 1.29 is 8.78 Å². The first-order chi connectivity index (χ1) is 10.1. The number of hydrogen-bond donors (Lipinski definition) is 1. The molecule has 1 N–H and O–H groups in total. The fourth-order valence-corrected chi connectivity index (χ4v) is 3.15. The number of nitrogens with zero attached hydrogens (tertiary/aromatic N) is 1. The van der Waals surface area contributed by atoms with E-state index in [4.69, 9.17) is 0 Å². The van der Waals surface area contributed by atoms with E-state index in [1.807, 2.05) is 4.90 Å². The Bertz CT molecular complexity index is 477. The molecule has 1 saturated carbocycles. The molecule has 1 aliphatic carbocycles. The van der Waals surface area contributed by atoms with Crippen LogP contribution in [-0.4, -0.2) is 18.6 Å². The molecule has 0 aromatic heterocycles. The quantitative estimate of drug-likeness (QED) is 0.903. The maximum absolute atomic E-state index is 14.4. The molecule has 1 aromatic rings. The van der Waals surface area contributed by atoms with Crippen LogP contribution in [0, 0.1) is 11.6 Å². The summed E-state index contributed by atoms with van der Waals surface area (Å²) in [5.41, 5.74) is 0.864. The van der Waals surface area contributed by atoms with Crippen LogP contribution >= 0.6 is 0 Å². The molecule has 1 atom stereocenters. The zero-order valence-electron chi connectivity index (χ0n) is 12.7. The van der Waals surface area contributed by atoms with Gasteiger partial charge in [0.15, 0.2) is 0 Å². The topological polar surface area (TPSA) is 15.3 Å². The summed E-state index contributed by atoms with van der Waals surface area (Å²) in [7, 11) is 0. The molecule has 4 heteroatoms. The molecule has 1 unspecified atom stereocenters. The minimum atomic E-state index is -0.420. The lowest BCUT2D eigenvalue weighted by Gasteiger charge is -2.30. The van der Waals surface area contributed by atoms with Crippen molar-refractivity contribution in [1.29, 1.82) is 0 Å².